The van der Waals surface area contributed by atoms with Gasteiger partial charge in [-0.3, -0.25) is 9.89 Å². The van der Waals surface area contributed by atoms with E-state index in [0.29, 0.717) is 6.04 Å². The number of benzene rings is 1. The fraction of sp³-hybridized carbons (Fsp3) is 0.696. The lowest BCUT2D eigenvalue weighted by Gasteiger charge is -2.40. The number of piperazine rings is 1. The number of nitrogens with one attached hydrogen (secondary N) is 2. The minimum atomic E-state index is -0.0922. The smallest absolute Gasteiger partial charge is 0.191 e. The number of likely N-dealkylation sites (N-methyl/N-ethyl adjacent to an activating group) is 1. The molecule has 0 spiro atoms. The van der Waals surface area contributed by atoms with Crippen molar-refractivity contribution in [1.82, 2.24) is 20.4 Å². The predicted molar refractivity (Wildman–Crippen MR) is 120 cm³/mol. The highest BCUT2D eigenvalue weighted by molar-refractivity contribution is 5.79. The number of guanidine groups is 1. The van der Waals surface area contributed by atoms with Crippen LogP contribution in [0.2, 0.25) is 0 Å². The van der Waals surface area contributed by atoms with E-state index in [9.17, 15) is 0 Å². The van der Waals surface area contributed by atoms with Crippen molar-refractivity contribution in [3.05, 3.63) is 35.9 Å². The number of aliphatic imine (C=N–C) groups is 1. The lowest BCUT2D eigenvalue weighted by atomic mass is 10.0. The molecule has 0 aliphatic carbocycles. The fourth-order valence-corrected chi connectivity index (χ4v) is 4.25. The molecule has 2 fully saturated rings. The fourth-order valence-electron chi connectivity index (χ4n) is 4.25. The number of rotatable bonds is 8. The molecule has 2 aliphatic heterocycles. The van der Waals surface area contributed by atoms with Crippen molar-refractivity contribution < 1.29 is 4.74 Å². The summed E-state index contributed by atoms with van der Waals surface area (Å²) in [6.07, 6.45) is 3.34. The molecule has 0 radical (unpaired) electrons. The van der Waals surface area contributed by atoms with Crippen LogP contribution in [-0.2, 0) is 4.74 Å². The van der Waals surface area contributed by atoms with E-state index in [2.05, 4.69) is 71.7 Å². The zero-order valence-corrected chi connectivity index (χ0v) is 18.5. The van der Waals surface area contributed by atoms with Crippen molar-refractivity contribution in [3.63, 3.8) is 0 Å². The van der Waals surface area contributed by atoms with Crippen LogP contribution in [0.15, 0.2) is 35.3 Å². The summed E-state index contributed by atoms with van der Waals surface area (Å²) in [6, 6.07) is 11.4. The second-order valence-corrected chi connectivity index (χ2v) is 8.60. The number of ether oxygens (including phenoxy) is 1. The molecule has 2 heterocycles. The van der Waals surface area contributed by atoms with Gasteiger partial charge in [0.05, 0.1) is 12.1 Å². The summed E-state index contributed by atoms with van der Waals surface area (Å²) in [7, 11) is 2.22. The van der Waals surface area contributed by atoms with Gasteiger partial charge in [0.15, 0.2) is 5.96 Å². The maximum absolute atomic E-state index is 5.86. The first-order valence-corrected chi connectivity index (χ1v) is 11.2. The largest absolute Gasteiger partial charge is 0.373 e. The number of hydrogen-bond acceptors (Lipinski definition) is 4. The van der Waals surface area contributed by atoms with E-state index in [4.69, 9.17) is 9.73 Å². The number of hydrogen-bond donors (Lipinski definition) is 2. The van der Waals surface area contributed by atoms with Gasteiger partial charge < -0.3 is 20.3 Å². The highest BCUT2D eigenvalue weighted by Crippen LogP contribution is 2.25. The van der Waals surface area contributed by atoms with Crippen LogP contribution in [0.25, 0.3) is 0 Å². The van der Waals surface area contributed by atoms with Crippen LogP contribution in [0.5, 0.6) is 0 Å². The highest BCUT2D eigenvalue weighted by Gasteiger charge is 2.29. The van der Waals surface area contributed by atoms with Crippen LogP contribution in [0.1, 0.15) is 44.7 Å². The molecular formula is C23H39N5O. The molecule has 6 nitrogen and oxygen atoms in total. The second kappa shape index (κ2) is 11.0. The minimum absolute atomic E-state index is 0.0922. The SMILES string of the molecule is CCNC(=NCC1(C)CCCO1)NCCCN1CCN(C)CC1c1ccccc1. The average Bonchev–Trinajstić information content (AvgIpc) is 3.17. The quantitative estimate of drug-likeness (QED) is 0.398. The Labute approximate surface area is 176 Å². The van der Waals surface area contributed by atoms with Crippen LogP contribution < -0.4 is 10.6 Å². The zero-order valence-electron chi connectivity index (χ0n) is 18.5. The van der Waals surface area contributed by atoms with Gasteiger partial charge in [0.1, 0.15) is 0 Å². The molecular weight excluding hydrogens is 362 g/mol. The molecule has 6 heteroatoms. The van der Waals surface area contributed by atoms with Crippen LogP contribution in [-0.4, -0.2) is 80.8 Å². The third kappa shape index (κ3) is 6.69. The molecule has 3 rings (SSSR count). The highest BCUT2D eigenvalue weighted by atomic mass is 16.5. The van der Waals surface area contributed by atoms with Gasteiger partial charge in [0, 0.05) is 51.9 Å². The third-order valence-electron chi connectivity index (χ3n) is 6.01. The van der Waals surface area contributed by atoms with E-state index in [1.807, 2.05) is 0 Å². The minimum Gasteiger partial charge on any atom is -0.373 e. The predicted octanol–water partition coefficient (Wildman–Crippen LogP) is 2.49. The van der Waals surface area contributed by atoms with Crippen molar-refractivity contribution in [3.8, 4) is 0 Å². The van der Waals surface area contributed by atoms with E-state index in [0.717, 1.165) is 77.6 Å². The standard InChI is InChI=1S/C23H39N5O/c1-4-24-22(26-19-23(2)12-8-17-29-23)25-13-9-14-28-16-15-27(3)18-21(28)20-10-6-5-7-11-20/h5-7,10-11,21H,4,8-9,12-19H2,1-3H3,(H2,24,25,26). The molecule has 29 heavy (non-hydrogen) atoms. The van der Waals surface area contributed by atoms with Crippen LogP contribution in [0.4, 0.5) is 0 Å². The topological polar surface area (TPSA) is 52.1 Å². The number of nitrogens with zero attached hydrogens (tertiary/aromatic N) is 3. The summed E-state index contributed by atoms with van der Waals surface area (Å²) in [5.74, 6) is 0.905. The van der Waals surface area contributed by atoms with Gasteiger partial charge in [-0.2, -0.15) is 0 Å². The maximum atomic E-state index is 5.86. The van der Waals surface area contributed by atoms with Crippen molar-refractivity contribution in [2.24, 2.45) is 4.99 Å². The first kappa shape index (κ1) is 22.1. The molecule has 2 saturated heterocycles. The van der Waals surface area contributed by atoms with Crippen LogP contribution in [0, 0.1) is 0 Å². The molecule has 0 bridgehead atoms. The van der Waals surface area contributed by atoms with Gasteiger partial charge >= 0.3 is 0 Å². The van der Waals surface area contributed by atoms with Crippen molar-refractivity contribution >= 4 is 5.96 Å². The molecule has 1 aromatic carbocycles. The zero-order chi connectivity index (χ0) is 20.5. The Morgan fingerprint density at radius 2 is 2.07 bits per heavy atom. The second-order valence-electron chi connectivity index (χ2n) is 8.60. The van der Waals surface area contributed by atoms with Gasteiger partial charge in [0.2, 0.25) is 0 Å². The van der Waals surface area contributed by atoms with Crippen molar-refractivity contribution in [2.75, 3.05) is 59.5 Å². The maximum Gasteiger partial charge on any atom is 0.191 e. The first-order chi connectivity index (χ1) is 14.1. The Kier molecular flexibility index (Phi) is 8.33. The normalized spacial score (nSPS) is 26.6. The molecule has 0 aromatic heterocycles. The van der Waals surface area contributed by atoms with E-state index in [1.54, 1.807) is 0 Å². The summed E-state index contributed by atoms with van der Waals surface area (Å²) in [5, 5.41) is 6.88. The lowest BCUT2D eigenvalue weighted by Crippen LogP contribution is -2.47. The molecule has 2 N–H and O–H groups in total. The first-order valence-electron chi connectivity index (χ1n) is 11.2. The molecule has 162 valence electrons. The summed E-state index contributed by atoms with van der Waals surface area (Å²) < 4.78 is 5.86. The van der Waals surface area contributed by atoms with E-state index < -0.39 is 0 Å². The average molecular weight is 402 g/mol. The lowest BCUT2D eigenvalue weighted by molar-refractivity contribution is 0.0283. The summed E-state index contributed by atoms with van der Waals surface area (Å²) in [4.78, 5) is 9.85. The Balaban J connectivity index is 1.48. The van der Waals surface area contributed by atoms with Gasteiger partial charge in [-0.25, -0.2) is 0 Å². The van der Waals surface area contributed by atoms with Crippen LogP contribution >= 0.6 is 0 Å². The Hall–Kier alpha value is -1.63. The molecule has 1 aromatic rings. The summed E-state index contributed by atoms with van der Waals surface area (Å²) in [5.41, 5.74) is 1.33. The Bertz CT molecular complexity index is 629. The van der Waals surface area contributed by atoms with Gasteiger partial charge in [-0.1, -0.05) is 30.3 Å². The monoisotopic (exact) mass is 401 g/mol. The van der Waals surface area contributed by atoms with Crippen molar-refractivity contribution in [2.45, 2.75) is 44.8 Å². The van der Waals surface area contributed by atoms with Gasteiger partial charge in [0.25, 0.3) is 0 Å². The van der Waals surface area contributed by atoms with Crippen LogP contribution in [0.3, 0.4) is 0 Å². The molecule has 2 atom stereocenters. The summed E-state index contributed by atoms with van der Waals surface area (Å²) >= 11 is 0. The molecule has 2 aliphatic rings. The molecule has 0 amide bonds. The Morgan fingerprint density at radius 3 is 2.79 bits per heavy atom. The molecule has 2 unspecified atom stereocenters. The van der Waals surface area contributed by atoms with Crippen molar-refractivity contribution in [1.29, 1.82) is 0 Å². The summed E-state index contributed by atoms with van der Waals surface area (Å²) in [6.45, 7) is 12.1. The molecule has 0 saturated carbocycles. The Morgan fingerprint density at radius 1 is 1.24 bits per heavy atom. The van der Waals surface area contributed by atoms with E-state index in [1.165, 1.54) is 5.56 Å². The van der Waals surface area contributed by atoms with Gasteiger partial charge in [-0.15, -0.1) is 0 Å². The van der Waals surface area contributed by atoms with E-state index >= 15 is 0 Å². The third-order valence-corrected chi connectivity index (χ3v) is 6.01. The van der Waals surface area contributed by atoms with Gasteiger partial charge in [-0.05, 0) is 45.7 Å². The van der Waals surface area contributed by atoms with E-state index in [-0.39, 0.29) is 5.60 Å².